The van der Waals surface area contributed by atoms with Crippen molar-refractivity contribution in [3.63, 3.8) is 0 Å². The number of rotatable bonds is 13. The van der Waals surface area contributed by atoms with Crippen molar-refractivity contribution < 1.29 is 45.7 Å². The molecule has 0 radical (unpaired) electrons. The summed E-state index contributed by atoms with van der Waals surface area (Å²) in [7, 11) is 0. The van der Waals surface area contributed by atoms with Crippen LogP contribution in [-0.4, -0.2) is 38.9 Å². The Morgan fingerprint density at radius 2 is 1.68 bits per heavy atom. The Labute approximate surface area is 190 Å². The van der Waals surface area contributed by atoms with E-state index >= 15 is 0 Å². The van der Waals surface area contributed by atoms with Crippen molar-refractivity contribution in [3.05, 3.63) is 69.4 Å². The Morgan fingerprint density at radius 1 is 1.00 bits per heavy atom. The molecule has 0 saturated heterocycles. The van der Waals surface area contributed by atoms with Crippen LogP contribution in [0.2, 0.25) is 0 Å². The highest BCUT2D eigenvalue weighted by Gasteiger charge is 2.28. The lowest BCUT2D eigenvalue weighted by Crippen LogP contribution is -2.16. The van der Waals surface area contributed by atoms with E-state index in [9.17, 15) is 26.7 Å². The molecule has 0 heterocycles. The first-order chi connectivity index (χ1) is 16.3. The fourth-order valence-corrected chi connectivity index (χ4v) is 2.58. The summed E-state index contributed by atoms with van der Waals surface area (Å²) in [5.74, 6) is -13.6. The van der Waals surface area contributed by atoms with Gasteiger partial charge in [-0.05, 0) is 30.2 Å². The first kappa shape index (κ1) is 26.8. The molecule has 0 N–H and O–H groups in total. The molecule has 0 bridgehead atoms. The Morgan fingerprint density at radius 3 is 2.35 bits per heavy atom. The summed E-state index contributed by atoms with van der Waals surface area (Å²) in [5.41, 5.74) is 8.85. The van der Waals surface area contributed by atoms with Crippen LogP contribution in [0.4, 0.5) is 22.0 Å². The number of benzene rings is 2. The zero-order valence-corrected chi connectivity index (χ0v) is 17.9. The molecule has 0 saturated carbocycles. The van der Waals surface area contributed by atoms with Crippen molar-refractivity contribution in [1.82, 2.24) is 0 Å². The van der Waals surface area contributed by atoms with E-state index < -0.39 is 53.3 Å². The molecule has 0 amide bonds. The van der Waals surface area contributed by atoms with Gasteiger partial charge in [0.15, 0.2) is 0 Å². The van der Waals surface area contributed by atoms with Crippen LogP contribution in [0.25, 0.3) is 10.4 Å². The van der Waals surface area contributed by atoms with Crippen LogP contribution in [0.1, 0.15) is 25.0 Å². The van der Waals surface area contributed by atoms with Crippen molar-refractivity contribution in [2.24, 2.45) is 5.11 Å². The maximum absolute atomic E-state index is 13.6. The molecule has 2 rings (SSSR count). The average Bonchev–Trinajstić information content (AvgIpc) is 2.83. The van der Waals surface area contributed by atoms with Gasteiger partial charge in [0.2, 0.25) is 34.8 Å². The fourth-order valence-electron chi connectivity index (χ4n) is 2.58. The third-order valence-corrected chi connectivity index (χ3v) is 4.28. The Kier molecular flexibility index (Phi) is 10.5. The first-order valence-corrected chi connectivity index (χ1v) is 9.91. The minimum Gasteiger partial charge on any atom is -0.491 e. The maximum atomic E-state index is 13.6. The molecule has 0 aliphatic heterocycles. The predicted octanol–water partition coefficient (Wildman–Crippen LogP) is 5.16. The van der Waals surface area contributed by atoms with Gasteiger partial charge < -0.3 is 18.9 Å². The zero-order valence-electron chi connectivity index (χ0n) is 17.9. The van der Waals surface area contributed by atoms with Crippen LogP contribution < -0.4 is 9.47 Å². The van der Waals surface area contributed by atoms with Crippen molar-refractivity contribution in [2.75, 3.05) is 33.0 Å². The van der Waals surface area contributed by atoms with E-state index in [4.69, 9.17) is 19.7 Å². The Bertz CT molecular complexity index is 1020. The molecule has 0 spiro atoms. The minimum atomic E-state index is -2.35. The number of esters is 1. The van der Waals surface area contributed by atoms with Crippen molar-refractivity contribution in [3.8, 4) is 11.5 Å². The molecule has 0 aromatic heterocycles. The molecule has 0 aliphatic rings. The van der Waals surface area contributed by atoms with Gasteiger partial charge in [-0.15, -0.1) is 0 Å². The van der Waals surface area contributed by atoms with Gasteiger partial charge in [0.05, 0.1) is 32.3 Å². The van der Waals surface area contributed by atoms with Gasteiger partial charge >= 0.3 is 5.97 Å². The molecule has 184 valence electrons. The first-order valence-electron chi connectivity index (χ1n) is 9.91. The third-order valence-electron chi connectivity index (χ3n) is 4.28. The van der Waals surface area contributed by atoms with E-state index in [-0.39, 0.29) is 33.0 Å². The van der Waals surface area contributed by atoms with Crippen LogP contribution in [0, 0.1) is 29.1 Å². The number of carbonyl (C=O) groups is 1. The molecule has 2 aromatic carbocycles. The SMILES string of the molecule is CC(OCCC(=O)Oc1c(F)c(F)c(F)c(F)c1F)c1cccc(OCCOCCN=[N+]=[N-])c1. The summed E-state index contributed by atoms with van der Waals surface area (Å²) < 4.78 is 87.1. The van der Waals surface area contributed by atoms with E-state index in [1.54, 1.807) is 31.2 Å². The highest BCUT2D eigenvalue weighted by Crippen LogP contribution is 2.29. The monoisotopic (exact) mass is 489 g/mol. The second-order valence-corrected chi connectivity index (χ2v) is 6.62. The quantitative estimate of drug-likeness (QED) is 0.0445. The average molecular weight is 489 g/mol. The number of ether oxygens (including phenoxy) is 4. The zero-order chi connectivity index (χ0) is 25.1. The number of carbonyl (C=O) groups excluding carboxylic acids is 1. The van der Waals surface area contributed by atoms with Crippen molar-refractivity contribution >= 4 is 5.97 Å². The van der Waals surface area contributed by atoms with E-state index in [0.29, 0.717) is 11.3 Å². The second-order valence-electron chi connectivity index (χ2n) is 6.62. The number of hydrogen-bond acceptors (Lipinski definition) is 6. The van der Waals surface area contributed by atoms with Crippen LogP contribution in [0.15, 0.2) is 29.4 Å². The van der Waals surface area contributed by atoms with E-state index in [1.165, 1.54) is 0 Å². The standard InChI is InChI=1S/C21H20F5N3O5/c1-12(13-3-2-4-14(11-13)33-10-9-31-8-6-28-29-27)32-7-5-15(30)34-21-19(25)17(23)16(22)18(24)20(21)26/h2-4,11-12H,5-10H2,1H3. The molecule has 0 aliphatic carbocycles. The van der Waals surface area contributed by atoms with Gasteiger partial charge in [0.1, 0.15) is 12.4 Å². The molecular weight excluding hydrogens is 469 g/mol. The summed E-state index contributed by atoms with van der Waals surface area (Å²) in [4.78, 5) is 14.4. The van der Waals surface area contributed by atoms with Gasteiger partial charge in [-0.1, -0.05) is 17.2 Å². The molecule has 1 unspecified atom stereocenters. The number of halogens is 5. The molecular formula is C21H20F5N3O5. The topological polar surface area (TPSA) is 103 Å². The Hall–Kier alpha value is -3.41. The summed E-state index contributed by atoms with van der Waals surface area (Å²) in [6.07, 6.45) is -1.03. The lowest BCUT2D eigenvalue weighted by molar-refractivity contribution is -0.136. The molecule has 34 heavy (non-hydrogen) atoms. The number of nitrogens with zero attached hydrogens (tertiary/aromatic N) is 3. The minimum absolute atomic E-state index is 0.218. The van der Waals surface area contributed by atoms with Gasteiger partial charge in [0.25, 0.3) is 0 Å². The highest BCUT2D eigenvalue weighted by molar-refractivity contribution is 5.72. The van der Waals surface area contributed by atoms with Gasteiger partial charge in [-0.25, -0.2) is 13.2 Å². The number of azide groups is 1. The summed E-state index contributed by atoms with van der Waals surface area (Å²) in [5, 5.41) is 3.33. The van der Waals surface area contributed by atoms with Crippen LogP contribution in [-0.2, 0) is 14.3 Å². The van der Waals surface area contributed by atoms with Crippen LogP contribution in [0.5, 0.6) is 11.5 Å². The lowest BCUT2D eigenvalue weighted by Gasteiger charge is -2.15. The van der Waals surface area contributed by atoms with Gasteiger partial charge in [-0.2, -0.15) is 8.78 Å². The van der Waals surface area contributed by atoms with Crippen molar-refractivity contribution in [2.45, 2.75) is 19.4 Å². The largest absolute Gasteiger partial charge is 0.491 e. The van der Waals surface area contributed by atoms with Gasteiger partial charge in [0, 0.05) is 11.5 Å². The Balaban J connectivity index is 1.81. The van der Waals surface area contributed by atoms with E-state index in [0.717, 1.165) is 0 Å². The smallest absolute Gasteiger partial charge is 0.313 e. The number of hydrogen-bond donors (Lipinski definition) is 0. The maximum Gasteiger partial charge on any atom is 0.313 e. The second kappa shape index (κ2) is 13.3. The van der Waals surface area contributed by atoms with Crippen molar-refractivity contribution in [1.29, 1.82) is 0 Å². The molecule has 2 aromatic rings. The third kappa shape index (κ3) is 7.58. The summed E-state index contributed by atoms with van der Waals surface area (Å²) >= 11 is 0. The van der Waals surface area contributed by atoms with Gasteiger partial charge in [-0.3, -0.25) is 4.79 Å². The lowest BCUT2D eigenvalue weighted by atomic mass is 10.1. The molecule has 1 atom stereocenters. The van der Waals surface area contributed by atoms with Crippen LogP contribution in [0.3, 0.4) is 0 Å². The highest BCUT2D eigenvalue weighted by atomic mass is 19.2. The molecule has 13 heteroatoms. The fraction of sp³-hybridized carbons (Fsp3) is 0.381. The predicted molar refractivity (Wildman–Crippen MR) is 108 cm³/mol. The summed E-state index contributed by atoms with van der Waals surface area (Å²) in [6, 6.07) is 6.85. The van der Waals surface area contributed by atoms with E-state index in [1.807, 2.05) is 0 Å². The van der Waals surface area contributed by atoms with Crippen LogP contribution >= 0.6 is 0 Å². The molecule has 0 fully saturated rings. The normalized spacial score (nSPS) is 11.6. The summed E-state index contributed by atoms with van der Waals surface area (Å²) in [6.45, 7) is 2.44. The van der Waals surface area contributed by atoms with E-state index in [2.05, 4.69) is 14.8 Å². The molecule has 8 nitrogen and oxygen atoms in total.